The predicted octanol–water partition coefficient (Wildman–Crippen LogP) is -2.01. The summed E-state index contributed by atoms with van der Waals surface area (Å²) in [5, 5.41) is 2.19. The first kappa shape index (κ1) is 12.8. The molecule has 0 fully saturated rings. The molecule has 0 radical (unpaired) electrons. The van der Waals surface area contributed by atoms with Crippen LogP contribution in [0.4, 0.5) is 0 Å². The molecule has 0 saturated carbocycles. The van der Waals surface area contributed by atoms with E-state index in [-0.39, 0.29) is 5.96 Å². The quantitative estimate of drug-likeness (QED) is 0.196. The number of rotatable bonds is 4. The van der Waals surface area contributed by atoms with E-state index in [9.17, 15) is 9.59 Å². The number of carbonyl (C=O) groups excluding carboxylic acids is 2. The van der Waals surface area contributed by atoms with Crippen LogP contribution in [0.1, 0.15) is 0 Å². The Labute approximate surface area is 89.6 Å². The lowest BCUT2D eigenvalue weighted by Gasteiger charge is -2.09. The van der Waals surface area contributed by atoms with E-state index in [1.807, 2.05) is 0 Å². The van der Waals surface area contributed by atoms with Gasteiger partial charge in [0, 0.05) is 0 Å². The van der Waals surface area contributed by atoms with E-state index in [4.69, 9.17) is 40.4 Å². The first-order valence-corrected chi connectivity index (χ1v) is 4.18. The number of nitrogens with one attached hydrogen (secondary N) is 1. The molecule has 0 spiro atoms. The Balaban J connectivity index is 4.26. The summed E-state index contributed by atoms with van der Waals surface area (Å²) in [5.41, 5.74) is 12.3. The lowest BCUT2D eigenvalue weighted by Crippen LogP contribution is -2.45. The molecule has 0 aromatic heterocycles. The highest BCUT2D eigenvalue weighted by Crippen LogP contribution is 1.96. The highest BCUT2D eigenvalue weighted by molar-refractivity contribution is 6.32. The molecule has 0 aliphatic heterocycles. The normalized spacial score (nSPS) is 15.7. The largest absolute Gasteiger partial charge is 0.370 e. The van der Waals surface area contributed by atoms with E-state index in [1.165, 1.54) is 0 Å². The number of guanidine groups is 1. The maximum atomic E-state index is 10.4. The number of carbonyl (C=O) groups is 2. The Bertz CT molecular complexity index is 269. The van der Waals surface area contributed by atoms with Crippen molar-refractivity contribution < 1.29 is 9.59 Å². The number of alkyl halides is 2. The standard InChI is InChI=1S/C5H9Cl2N5O2/c6-1(3(8)13)11-5(10)12-2(7)4(9)14/h1-2H,(H2,8,13)(H2,9,14)(H3,10,11,12). The van der Waals surface area contributed by atoms with E-state index in [0.29, 0.717) is 0 Å². The van der Waals surface area contributed by atoms with E-state index in [0.717, 1.165) is 0 Å². The predicted molar refractivity (Wildman–Crippen MR) is 52.4 cm³/mol. The van der Waals surface area contributed by atoms with Gasteiger partial charge in [0.25, 0.3) is 11.8 Å². The maximum Gasteiger partial charge on any atom is 0.257 e. The topological polar surface area (TPSA) is 137 Å². The first-order chi connectivity index (χ1) is 6.34. The van der Waals surface area contributed by atoms with Crippen molar-refractivity contribution >= 4 is 41.0 Å². The van der Waals surface area contributed by atoms with Gasteiger partial charge >= 0.3 is 0 Å². The number of hydrogen-bond donors (Lipinski definition) is 4. The van der Waals surface area contributed by atoms with Crippen LogP contribution < -0.4 is 22.5 Å². The molecule has 2 atom stereocenters. The number of aliphatic imine (C=N–C) groups is 1. The minimum Gasteiger partial charge on any atom is -0.370 e. The Hall–Kier alpha value is -1.21. The van der Waals surface area contributed by atoms with Crippen molar-refractivity contribution in [1.29, 1.82) is 0 Å². The fraction of sp³-hybridized carbons (Fsp3) is 0.400. The van der Waals surface area contributed by atoms with Crippen molar-refractivity contribution in [2.24, 2.45) is 22.2 Å². The Morgan fingerprint density at radius 1 is 1.14 bits per heavy atom. The van der Waals surface area contributed by atoms with Crippen LogP contribution in [0.3, 0.4) is 0 Å². The third kappa shape index (κ3) is 4.73. The summed E-state index contributed by atoms with van der Waals surface area (Å²) in [4.78, 5) is 24.3. The maximum absolute atomic E-state index is 10.4. The minimum absolute atomic E-state index is 0.303. The molecule has 14 heavy (non-hydrogen) atoms. The lowest BCUT2D eigenvalue weighted by molar-refractivity contribution is -0.118. The molecular formula is C5H9Cl2N5O2. The fourth-order valence-corrected chi connectivity index (χ4v) is 0.641. The van der Waals surface area contributed by atoms with Crippen molar-refractivity contribution in [2.75, 3.05) is 0 Å². The van der Waals surface area contributed by atoms with Gasteiger partial charge in [-0.05, 0) is 0 Å². The van der Waals surface area contributed by atoms with E-state index < -0.39 is 22.8 Å². The number of primary amides is 2. The van der Waals surface area contributed by atoms with Crippen LogP contribution in [0.15, 0.2) is 4.99 Å². The van der Waals surface area contributed by atoms with Gasteiger partial charge in [-0.2, -0.15) is 0 Å². The van der Waals surface area contributed by atoms with Crippen LogP contribution in [0.2, 0.25) is 0 Å². The van der Waals surface area contributed by atoms with Crippen molar-refractivity contribution in [3.8, 4) is 0 Å². The molecule has 0 aromatic rings. The van der Waals surface area contributed by atoms with Gasteiger partial charge in [0.2, 0.25) is 5.50 Å². The Morgan fingerprint density at radius 3 is 2.00 bits per heavy atom. The summed E-state index contributed by atoms with van der Waals surface area (Å²) in [6.45, 7) is 0. The summed E-state index contributed by atoms with van der Waals surface area (Å²) >= 11 is 10.7. The Kier molecular flexibility index (Phi) is 5.03. The monoisotopic (exact) mass is 241 g/mol. The molecule has 0 heterocycles. The van der Waals surface area contributed by atoms with Crippen molar-refractivity contribution in [3.05, 3.63) is 0 Å². The molecule has 2 unspecified atom stereocenters. The number of amides is 2. The number of hydrogen-bond acceptors (Lipinski definition) is 3. The van der Waals surface area contributed by atoms with Gasteiger partial charge in [0.05, 0.1) is 0 Å². The average Bonchev–Trinajstić information content (AvgIpc) is 2.03. The van der Waals surface area contributed by atoms with Gasteiger partial charge in [0.1, 0.15) is 0 Å². The van der Waals surface area contributed by atoms with Gasteiger partial charge in [-0.25, -0.2) is 4.99 Å². The van der Waals surface area contributed by atoms with Crippen LogP contribution in [-0.2, 0) is 9.59 Å². The van der Waals surface area contributed by atoms with Gasteiger partial charge < -0.3 is 22.5 Å². The van der Waals surface area contributed by atoms with Gasteiger partial charge in [0.15, 0.2) is 11.5 Å². The molecule has 0 saturated heterocycles. The molecule has 0 aliphatic carbocycles. The minimum atomic E-state index is -1.32. The first-order valence-electron chi connectivity index (χ1n) is 3.31. The third-order valence-corrected chi connectivity index (χ3v) is 1.65. The zero-order chi connectivity index (χ0) is 11.3. The summed E-state index contributed by atoms with van der Waals surface area (Å²) in [7, 11) is 0. The van der Waals surface area contributed by atoms with Gasteiger partial charge in [-0.3, -0.25) is 9.59 Å². The second-order valence-corrected chi connectivity index (χ2v) is 3.01. The zero-order valence-corrected chi connectivity index (χ0v) is 8.42. The van der Waals surface area contributed by atoms with Gasteiger partial charge in [-0.15, -0.1) is 0 Å². The van der Waals surface area contributed by atoms with Crippen LogP contribution in [-0.4, -0.2) is 28.8 Å². The summed E-state index contributed by atoms with van der Waals surface area (Å²) in [6.07, 6.45) is 0. The van der Waals surface area contributed by atoms with Gasteiger partial charge in [-0.1, -0.05) is 23.2 Å². The zero-order valence-electron chi connectivity index (χ0n) is 6.91. The molecule has 7 N–H and O–H groups in total. The average molecular weight is 242 g/mol. The molecule has 0 rings (SSSR count). The molecule has 0 aliphatic rings. The Morgan fingerprint density at radius 2 is 1.64 bits per heavy atom. The van der Waals surface area contributed by atoms with E-state index in [2.05, 4.69) is 10.3 Å². The summed E-state index contributed by atoms with van der Waals surface area (Å²) in [5.74, 6) is -2.01. The molecule has 9 heteroatoms. The third-order valence-electron chi connectivity index (χ3n) is 1.01. The van der Waals surface area contributed by atoms with Crippen molar-refractivity contribution in [3.63, 3.8) is 0 Å². The van der Waals surface area contributed by atoms with Crippen LogP contribution in [0.25, 0.3) is 0 Å². The summed E-state index contributed by atoms with van der Waals surface area (Å²) < 4.78 is 0. The molecule has 0 bridgehead atoms. The highest BCUT2D eigenvalue weighted by Gasteiger charge is 2.14. The molecule has 2 amide bonds. The second-order valence-electron chi connectivity index (χ2n) is 2.16. The number of nitrogens with two attached hydrogens (primary N) is 3. The van der Waals surface area contributed by atoms with Crippen molar-refractivity contribution in [2.45, 2.75) is 11.0 Å². The lowest BCUT2D eigenvalue weighted by atomic mass is 10.6. The number of nitrogens with zero attached hydrogens (tertiary/aromatic N) is 1. The SMILES string of the molecule is NC(=O)C(Cl)N=C(N)NC(Cl)C(N)=O. The van der Waals surface area contributed by atoms with E-state index >= 15 is 0 Å². The molecule has 80 valence electrons. The van der Waals surface area contributed by atoms with Crippen LogP contribution in [0, 0.1) is 0 Å². The summed E-state index contributed by atoms with van der Waals surface area (Å²) in [6, 6.07) is 0. The van der Waals surface area contributed by atoms with Crippen molar-refractivity contribution in [1.82, 2.24) is 5.32 Å². The highest BCUT2D eigenvalue weighted by atomic mass is 35.5. The van der Waals surface area contributed by atoms with E-state index in [1.54, 1.807) is 0 Å². The number of halogens is 2. The molecular weight excluding hydrogens is 233 g/mol. The van der Waals surface area contributed by atoms with Crippen LogP contribution in [0.5, 0.6) is 0 Å². The fourth-order valence-electron chi connectivity index (χ4n) is 0.424. The molecule has 0 aromatic carbocycles. The van der Waals surface area contributed by atoms with Crippen LogP contribution >= 0.6 is 23.2 Å². The smallest absolute Gasteiger partial charge is 0.257 e. The molecule has 7 nitrogen and oxygen atoms in total. The second kappa shape index (κ2) is 5.51.